The normalized spacial score (nSPS) is 13.4. The van der Waals surface area contributed by atoms with Gasteiger partial charge in [0, 0.05) is 38.3 Å². The van der Waals surface area contributed by atoms with Crippen LogP contribution < -0.4 is 10.2 Å². The number of fused-ring (bicyclic) bond motifs is 1. The van der Waals surface area contributed by atoms with Crippen LogP contribution in [-0.4, -0.2) is 41.5 Å². The Morgan fingerprint density at radius 2 is 1.96 bits per heavy atom. The molecule has 1 aromatic heterocycles. The first-order chi connectivity index (χ1) is 11.5. The van der Waals surface area contributed by atoms with Gasteiger partial charge in [0.15, 0.2) is 0 Å². The van der Waals surface area contributed by atoms with Crippen LogP contribution in [0.15, 0.2) is 24.3 Å². The maximum atomic E-state index is 12.6. The summed E-state index contributed by atoms with van der Waals surface area (Å²) in [6.07, 6.45) is 0.751. The maximum absolute atomic E-state index is 12.6. The second-order valence-corrected chi connectivity index (χ2v) is 6.33. The number of amides is 2. The third-order valence-electron chi connectivity index (χ3n) is 4.25. The lowest BCUT2D eigenvalue weighted by atomic mass is 10.1. The number of hydrogen-bond acceptors (Lipinski definition) is 4. The molecule has 6 heteroatoms. The first kappa shape index (κ1) is 16.2. The molecule has 0 saturated heterocycles. The highest BCUT2D eigenvalue weighted by molar-refractivity contribution is 5.90. The number of anilines is 2. The molecule has 1 N–H and O–H groups in total. The molecule has 6 nitrogen and oxygen atoms in total. The Morgan fingerprint density at radius 3 is 2.67 bits per heavy atom. The Morgan fingerprint density at radius 1 is 1.21 bits per heavy atom. The van der Waals surface area contributed by atoms with Crippen molar-refractivity contribution in [3.05, 3.63) is 46.9 Å². The van der Waals surface area contributed by atoms with Crippen molar-refractivity contribution in [2.24, 2.45) is 0 Å². The van der Waals surface area contributed by atoms with Gasteiger partial charge in [0.25, 0.3) is 0 Å². The summed E-state index contributed by atoms with van der Waals surface area (Å²) in [7, 11) is 3.93. The van der Waals surface area contributed by atoms with Crippen molar-refractivity contribution in [3.63, 3.8) is 0 Å². The molecule has 0 spiro atoms. The first-order valence-corrected chi connectivity index (χ1v) is 8.11. The molecule has 1 aliphatic rings. The molecule has 24 heavy (non-hydrogen) atoms. The number of carbonyl (C=O) groups is 1. The molecule has 3 rings (SSSR count). The van der Waals surface area contributed by atoms with Crippen molar-refractivity contribution in [2.45, 2.75) is 26.8 Å². The van der Waals surface area contributed by atoms with Crippen molar-refractivity contribution in [1.29, 1.82) is 0 Å². The number of urea groups is 1. The van der Waals surface area contributed by atoms with E-state index in [1.165, 1.54) is 0 Å². The predicted octanol–water partition coefficient (Wildman–Crippen LogP) is 2.75. The lowest BCUT2D eigenvalue weighted by Gasteiger charge is -2.31. The highest BCUT2D eigenvalue weighted by atomic mass is 16.2. The molecule has 0 bridgehead atoms. The summed E-state index contributed by atoms with van der Waals surface area (Å²) >= 11 is 0. The van der Waals surface area contributed by atoms with Gasteiger partial charge in [-0.2, -0.15) is 0 Å². The van der Waals surface area contributed by atoms with Crippen LogP contribution in [0.2, 0.25) is 0 Å². The molecule has 0 radical (unpaired) electrons. The van der Waals surface area contributed by atoms with Crippen LogP contribution in [-0.2, 0) is 13.0 Å². The van der Waals surface area contributed by atoms with Gasteiger partial charge in [0.05, 0.1) is 12.2 Å². The molecule has 0 fully saturated rings. The summed E-state index contributed by atoms with van der Waals surface area (Å²) in [6, 6.07) is 7.71. The molecule has 1 aromatic carbocycles. The third-order valence-corrected chi connectivity index (χ3v) is 4.25. The largest absolute Gasteiger partial charge is 0.362 e. The molecule has 126 valence electrons. The lowest BCUT2D eigenvalue weighted by Crippen LogP contribution is -2.40. The summed E-state index contributed by atoms with van der Waals surface area (Å²) in [5.41, 5.74) is 3.99. The van der Waals surface area contributed by atoms with E-state index in [-0.39, 0.29) is 6.03 Å². The molecule has 0 atom stereocenters. The quantitative estimate of drug-likeness (QED) is 0.922. The Labute approximate surface area is 142 Å². The number of rotatable bonds is 2. The van der Waals surface area contributed by atoms with Crippen LogP contribution in [0.5, 0.6) is 0 Å². The zero-order chi connectivity index (χ0) is 17.3. The highest BCUT2D eigenvalue weighted by Crippen LogP contribution is 2.26. The monoisotopic (exact) mass is 325 g/mol. The number of carbonyl (C=O) groups excluding carboxylic acids is 1. The van der Waals surface area contributed by atoms with Gasteiger partial charge in [-0.05, 0) is 25.5 Å². The molecule has 0 saturated carbocycles. The number of aryl methyl sites for hydroxylation is 2. The lowest BCUT2D eigenvalue weighted by molar-refractivity contribution is 0.206. The number of nitrogens with zero attached hydrogens (tertiary/aromatic N) is 4. The Bertz CT molecular complexity index is 772. The second-order valence-electron chi connectivity index (χ2n) is 6.33. The number of para-hydroxylation sites is 1. The molecule has 1 aliphatic heterocycles. The van der Waals surface area contributed by atoms with E-state index >= 15 is 0 Å². The fraction of sp³-hybridized carbons (Fsp3) is 0.389. The van der Waals surface area contributed by atoms with E-state index in [9.17, 15) is 4.79 Å². The molecule has 0 unspecified atom stereocenters. The third kappa shape index (κ3) is 3.18. The Kier molecular flexibility index (Phi) is 4.38. The van der Waals surface area contributed by atoms with E-state index in [1.54, 1.807) is 0 Å². The van der Waals surface area contributed by atoms with E-state index in [2.05, 4.69) is 15.3 Å². The smallest absolute Gasteiger partial charge is 0.322 e. The van der Waals surface area contributed by atoms with Gasteiger partial charge in [-0.15, -0.1) is 0 Å². The fourth-order valence-corrected chi connectivity index (χ4v) is 2.97. The van der Waals surface area contributed by atoms with Crippen LogP contribution >= 0.6 is 0 Å². The van der Waals surface area contributed by atoms with E-state index < -0.39 is 0 Å². The molecule has 2 amide bonds. The van der Waals surface area contributed by atoms with Crippen LogP contribution in [0, 0.1) is 13.8 Å². The van der Waals surface area contributed by atoms with E-state index in [4.69, 9.17) is 0 Å². The fourth-order valence-electron chi connectivity index (χ4n) is 2.97. The van der Waals surface area contributed by atoms with E-state index in [0.29, 0.717) is 13.1 Å². The standard InChI is InChI=1S/C18H23N5O/c1-12-7-5-6-8-15(12)21-18(24)23-10-9-16-14(11-23)17(22(3)4)20-13(2)19-16/h5-8H,9-11H2,1-4H3,(H,21,24). The second kappa shape index (κ2) is 6.47. The number of hydrogen-bond donors (Lipinski definition) is 1. The van der Waals surface area contributed by atoms with Crippen LogP contribution in [0.3, 0.4) is 0 Å². The summed E-state index contributed by atoms with van der Waals surface area (Å²) in [6.45, 7) is 5.08. The first-order valence-electron chi connectivity index (χ1n) is 8.11. The molecular weight excluding hydrogens is 302 g/mol. The SMILES string of the molecule is Cc1nc2c(c(N(C)C)n1)CN(C(=O)Nc1ccccc1C)CC2. The van der Waals surface area contributed by atoms with Gasteiger partial charge in [0.2, 0.25) is 0 Å². The van der Waals surface area contributed by atoms with Crippen LogP contribution in [0.25, 0.3) is 0 Å². The van der Waals surface area contributed by atoms with Crippen molar-refractivity contribution in [3.8, 4) is 0 Å². The number of aromatic nitrogens is 2. The van der Waals surface area contributed by atoms with Gasteiger partial charge >= 0.3 is 6.03 Å². The van der Waals surface area contributed by atoms with E-state index in [1.807, 2.05) is 62.0 Å². The number of nitrogens with one attached hydrogen (secondary N) is 1. The topological polar surface area (TPSA) is 61.4 Å². The van der Waals surface area contributed by atoms with Gasteiger partial charge in [0.1, 0.15) is 11.6 Å². The summed E-state index contributed by atoms with van der Waals surface area (Å²) in [5.74, 6) is 1.67. The molecule has 0 aliphatic carbocycles. The molecular formula is C18H23N5O. The van der Waals surface area contributed by atoms with Crippen LogP contribution in [0.1, 0.15) is 22.6 Å². The highest BCUT2D eigenvalue weighted by Gasteiger charge is 2.26. The average Bonchev–Trinajstić information content (AvgIpc) is 2.55. The minimum atomic E-state index is -0.0831. The molecule has 2 heterocycles. The van der Waals surface area contributed by atoms with Crippen molar-refractivity contribution < 1.29 is 4.79 Å². The van der Waals surface area contributed by atoms with Crippen molar-refractivity contribution in [2.75, 3.05) is 30.9 Å². The minimum absolute atomic E-state index is 0.0831. The Balaban J connectivity index is 1.82. The van der Waals surface area contributed by atoms with Crippen LogP contribution in [0.4, 0.5) is 16.3 Å². The summed E-state index contributed by atoms with van der Waals surface area (Å²) in [4.78, 5) is 25.5. The van der Waals surface area contributed by atoms with Gasteiger partial charge in [-0.3, -0.25) is 0 Å². The zero-order valence-corrected chi connectivity index (χ0v) is 14.6. The van der Waals surface area contributed by atoms with Crippen molar-refractivity contribution >= 4 is 17.5 Å². The summed E-state index contributed by atoms with van der Waals surface area (Å²) in [5, 5.41) is 3.00. The van der Waals surface area contributed by atoms with E-state index in [0.717, 1.165) is 40.6 Å². The van der Waals surface area contributed by atoms with Gasteiger partial charge in [-0.1, -0.05) is 18.2 Å². The van der Waals surface area contributed by atoms with Gasteiger partial charge < -0.3 is 15.1 Å². The predicted molar refractivity (Wildman–Crippen MR) is 95.4 cm³/mol. The minimum Gasteiger partial charge on any atom is -0.362 e. The van der Waals surface area contributed by atoms with Gasteiger partial charge in [-0.25, -0.2) is 14.8 Å². The molecule has 2 aromatic rings. The Hall–Kier alpha value is -2.63. The number of benzene rings is 1. The summed E-state index contributed by atoms with van der Waals surface area (Å²) < 4.78 is 0. The average molecular weight is 325 g/mol. The zero-order valence-electron chi connectivity index (χ0n) is 14.6. The van der Waals surface area contributed by atoms with Crippen molar-refractivity contribution in [1.82, 2.24) is 14.9 Å². The maximum Gasteiger partial charge on any atom is 0.322 e.